The van der Waals surface area contributed by atoms with E-state index in [1.807, 2.05) is 29.2 Å². The summed E-state index contributed by atoms with van der Waals surface area (Å²) in [5, 5.41) is 2.94. The normalized spacial score (nSPS) is 21.3. The number of hydrogen-bond acceptors (Lipinski definition) is 4. The third-order valence-corrected chi connectivity index (χ3v) is 4.90. The topological polar surface area (TPSA) is 61.9 Å². The molecule has 1 unspecified atom stereocenters. The molecule has 1 aromatic carbocycles. The van der Waals surface area contributed by atoms with Crippen LogP contribution in [0.4, 0.5) is 5.69 Å². The minimum Gasteiger partial charge on any atom is -0.368 e. The van der Waals surface area contributed by atoms with Crippen LogP contribution in [0.5, 0.6) is 0 Å². The second-order valence-electron chi connectivity index (χ2n) is 6.70. The fraction of sp³-hybridized carbons (Fsp3) is 0.579. The predicted molar refractivity (Wildman–Crippen MR) is 96.4 cm³/mol. The van der Waals surface area contributed by atoms with Crippen LogP contribution in [0.15, 0.2) is 24.3 Å². The number of piperazine rings is 1. The minimum atomic E-state index is -0.249. The number of anilines is 1. The van der Waals surface area contributed by atoms with Gasteiger partial charge in [0, 0.05) is 38.5 Å². The number of amides is 2. The Morgan fingerprint density at radius 1 is 1.16 bits per heavy atom. The van der Waals surface area contributed by atoms with E-state index in [0.717, 1.165) is 38.0 Å². The smallest absolute Gasteiger partial charge is 0.251 e. The molecular weight excluding hydrogens is 318 g/mol. The van der Waals surface area contributed by atoms with Gasteiger partial charge in [-0.25, -0.2) is 0 Å². The highest BCUT2D eigenvalue weighted by Crippen LogP contribution is 2.16. The number of carbonyl (C=O) groups is 2. The maximum Gasteiger partial charge on any atom is 0.251 e. The summed E-state index contributed by atoms with van der Waals surface area (Å²) in [7, 11) is 0. The van der Waals surface area contributed by atoms with Crippen LogP contribution in [0, 0.1) is 0 Å². The fourth-order valence-electron chi connectivity index (χ4n) is 3.33. The van der Waals surface area contributed by atoms with Gasteiger partial charge >= 0.3 is 0 Å². The van der Waals surface area contributed by atoms with Crippen molar-refractivity contribution in [1.29, 1.82) is 0 Å². The number of ether oxygens (including phenoxy) is 1. The van der Waals surface area contributed by atoms with Gasteiger partial charge in [0.25, 0.3) is 5.91 Å². The number of nitrogens with one attached hydrogen (secondary N) is 1. The molecule has 1 atom stereocenters. The van der Waals surface area contributed by atoms with Gasteiger partial charge in [-0.3, -0.25) is 14.5 Å². The van der Waals surface area contributed by atoms with Crippen LogP contribution in [-0.2, 0) is 20.7 Å². The van der Waals surface area contributed by atoms with Crippen molar-refractivity contribution in [2.75, 3.05) is 44.6 Å². The second-order valence-corrected chi connectivity index (χ2v) is 6.70. The Hall–Kier alpha value is -1.92. The number of hydrogen-bond donors (Lipinski definition) is 1. The molecule has 2 saturated heterocycles. The van der Waals surface area contributed by atoms with Crippen molar-refractivity contribution in [3.05, 3.63) is 29.8 Å². The highest BCUT2D eigenvalue weighted by molar-refractivity contribution is 5.92. The van der Waals surface area contributed by atoms with Gasteiger partial charge in [-0.1, -0.05) is 19.1 Å². The lowest BCUT2D eigenvalue weighted by Gasteiger charge is -2.35. The van der Waals surface area contributed by atoms with Gasteiger partial charge in [0.1, 0.15) is 6.10 Å². The van der Waals surface area contributed by atoms with Crippen LogP contribution in [0.25, 0.3) is 0 Å². The molecule has 3 rings (SSSR count). The highest BCUT2D eigenvalue weighted by Gasteiger charge is 2.30. The molecule has 0 radical (unpaired) electrons. The molecule has 136 valence electrons. The molecule has 0 spiro atoms. The first-order chi connectivity index (χ1) is 12.2. The van der Waals surface area contributed by atoms with Gasteiger partial charge in [-0.05, 0) is 37.0 Å². The van der Waals surface area contributed by atoms with E-state index in [1.165, 1.54) is 5.56 Å². The van der Waals surface area contributed by atoms with E-state index in [9.17, 15) is 9.59 Å². The second kappa shape index (κ2) is 8.45. The van der Waals surface area contributed by atoms with Gasteiger partial charge in [0.15, 0.2) is 0 Å². The van der Waals surface area contributed by atoms with Gasteiger partial charge in [0.05, 0.1) is 6.54 Å². The summed E-state index contributed by atoms with van der Waals surface area (Å²) >= 11 is 0. The predicted octanol–water partition coefficient (Wildman–Crippen LogP) is 1.51. The van der Waals surface area contributed by atoms with Gasteiger partial charge in [-0.2, -0.15) is 0 Å². The molecule has 0 saturated carbocycles. The summed E-state index contributed by atoms with van der Waals surface area (Å²) in [5.74, 6) is 0.0979. The largest absolute Gasteiger partial charge is 0.368 e. The fourth-order valence-corrected chi connectivity index (χ4v) is 3.33. The Bertz CT molecular complexity index is 588. The van der Waals surface area contributed by atoms with Gasteiger partial charge in [0.2, 0.25) is 5.91 Å². The Morgan fingerprint density at radius 2 is 1.88 bits per heavy atom. The van der Waals surface area contributed by atoms with Crippen LogP contribution >= 0.6 is 0 Å². The van der Waals surface area contributed by atoms with Crippen LogP contribution in [0.3, 0.4) is 0 Å². The van der Waals surface area contributed by atoms with E-state index < -0.39 is 0 Å². The summed E-state index contributed by atoms with van der Waals surface area (Å²) in [6.07, 6.45) is 2.54. The monoisotopic (exact) mass is 345 g/mol. The zero-order valence-electron chi connectivity index (χ0n) is 14.9. The van der Waals surface area contributed by atoms with E-state index in [1.54, 1.807) is 0 Å². The van der Waals surface area contributed by atoms with Crippen LogP contribution in [0.2, 0.25) is 0 Å². The molecule has 1 N–H and O–H groups in total. The standard InChI is InChI=1S/C19H27N3O3/c1-2-15-5-7-16(8-6-15)20-18(23)14-21-9-11-22(12-10-21)19(24)17-4-3-13-25-17/h5-8,17H,2-4,9-14H2,1H3,(H,20,23). The first-order valence-corrected chi connectivity index (χ1v) is 9.17. The van der Waals surface area contributed by atoms with Crippen LogP contribution in [0.1, 0.15) is 25.3 Å². The maximum atomic E-state index is 12.3. The lowest BCUT2D eigenvalue weighted by atomic mass is 10.1. The minimum absolute atomic E-state index is 0.0110. The number of carbonyl (C=O) groups excluding carboxylic acids is 2. The van der Waals surface area contributed by atoms with E-state index >= 15 is 0 Å². The number of aryl methyl sites for hydroxylation is 1. The average molecular weight is 345 g/mol. The molecule has 25 heavy (non-hydrogen) atoms. The molecule has 2 heterocycles. The number of nitrogens with zero attached hydrogens (tertiary/aromatic N) is 2. The number of rotatable bonds is 5. The highest BCUT2D eigenvalue weighted by atomic mass is 16.5. The van der Waals surface area contributed by atoms with Crippen molar-refractivity contribution >= 4 is 17.5 Å². The average Bonchev–Trinajstić information content (AvgIpc) is 3.17. The lowest BCUT2D eigenvalue weighted by Crippen LogP contribution is -2.52. The summed E-state index contributed by atoms with van der Waals surface area (Å²) in [6.45, 7) is 5.93. The van der Waals surface area contributed by atoms with Gasteiger partial charge in [-0.15, -0.1) is 0 Å². The van der Waals surface area contributed by atoms with Crippen LogP contribution in [-0.4, -0.2) is 67.0 Å². The third-order valence-electron chi connectivity index (χ3n) is 4.90. The summed E-state index contributed by atoms with van der Waals surface area (Å²) in [5.41, 5.74) is 2.08. The molecule has 2 aliphatic heterocycles. The Balaban J connectivity index is 1.41. The van der Waals surface area contributed by atoms with Crippen molar-refractivity contribution < 1.29 is 14.3 Å². The molecule has 0 aliphatic carbocycles. The molecule has 6 heteroatoms. The molecule has 0 aromatic heterocycles. The molecule has 2 aliphatic rings. The zero-order chi connectivity index (χ0) is 17.6. The van der Waals surface area contributed by atoms with Crippen molar-refractivity contribution in [3.8, 4) is 0 Å². The van der Waals surface area contributed by atoms with Crippen molar-refractivity contribution in [2.45, 2.75) is 32.3 Å². The summed E-state index contributed by atoms with van der Waals surface area (Å²) in [4.78, 5) is 28.5. The third kappa shape index (κ3) is 4.80. The molecular formula is C19H27N3O3. The summed E-state index contributed by atoms with van der Waals surface area (Å²) < 4.78 is 5.47. The van der Waals surface area contributed by atoms with Gasteiger partial charge < -0.3 is 15.0 Å². The van der Waals surface area contributed by atoms with E-state index in [0.29, 0.717) is 26.2 Å². The SMILES string of the molecule is CCc1ccc(NC(=O)CN2CCN(C(=O)C3CCCO3)CC2)cc1. The van der Waals surface area contributed by atoms with Crippen molar-refractivity contribution in [1.82, 2.24) is 9.80 Å². The van der Waals surface area contributed by atoms with E-state index in [-0.39, 0.29) is 17.9 Å². The number of benzene rings is 1. The zero-order valence-corrected chi connectivity index (χ0v) is 14.9. The maximum absolute atomic E-state index is 12.3. The first-order valence-electron chi connectivity index (χ1n) is 9.17. The molecule has 0 bridgehead atoms. The van der Waals surface area contributed by atoms with Crippen molar-refractivity contribution in [2.24, 2.45) is 0 Å². The molecule has 1 aromatic rings. The Morgan fingerprint density at radius 3 is 2.48 bits per heavy atom. The Kier molecular flexibility index (Phi) is 6.04. The summed E-state index contributed by atoms with van der Waals surface area (Å²) in [6, 6.07) is 7.94. The molecule has 6 nitrogen and oxygen atoms in total. The lowest BCUT2D eigenvalue weighted by molar-refractivity contribution is -0.142. The molecule has 2 fully saturated rings. The van der Waals surface area contributed by atoms with Crippen LogP contribution < -0.4 is 5.32 Å². The van der Waals surface area contributed by atoms with E-state index in [4.69, 9.17) is 4.74 Å². The van der Waals surface area contributed by atoms with Crippen molar-refractivity contribution in [3.63, 3.8) is 0 Å². The Labute approximate surface area is 149 Å². The molecule has 2 amide bonds. The first kappa shape index (κ1) is 17.9. The quantitative estimate of drug-likeness (QED) is 0.879. The van der Waals surface area contributed by atoms with E-state index in [2.05, 4.69) is 17.1 Å².